The number of nitro benzene ring substituents is 1. The van der Waals surface area contributed by atoms with E-state index in [1.807, 2.05) is 19.9 Å². The van der Waals surface area contributed by atoms with Crippen LogP contribution in [-0.4, -0.2) is 54.1 Å². The molecular weight excluding hydrogens is 456 g/mol. The largest absolute Gasteiger partial charge is 0.493 e. The average Bonchev–Trinajstić information content (AvgIpc) is 2.97. The maximum Gasteiger partial charge on any atom is 0.342 e. The van der Waals surface area contributed by atoms with E-state index in [4.69, 9.17) is 24.0 Å². The number of hydrogen-bond acceptors (Lipinski definition) is 8. The molecule has 186 valence electrons. The van der Waals surface area contributed by atoms with Crippen molar-refractivity contribution in [1.29, 1.82) is 0 Å². The predicted molar refractivity (Wildman–Crippen MR) is 126 cm³/mol. The standard InChI is InChI=1S/C24H28N4O7/c1-6-24(34-15(3)35-24)25-23(29)27-14(2)11-17-12-20(32-4)21(33-5)13-19(17)22(26-27)16-7-9-18(10-8-16)28(30)31/h7-10,12-15H,6,11H2,1-5H3,(H,25,29)/t14-,15?,24?/m1/s1. The van der Waals surface area contributed by atoms with E-state index in [-0.39, 0.29) is 11.7 Å². The van der Waals surface area contributed by atoms with Gasteiger partial charge in [-0.15, -0.1) is 0 Å². The van der Waals surface area contributed by atoms with E-state index in [9.17, 15) is 14.9 Å². The normalized spacial score (nSPS) is 23.3. The molecule has 0 unspecified atom stereocenters. The van der Waals surface area contributed by atoms with E-state index in [2.05, 4.69) is 5.32 Å². The number of nitro groups is 1. The van der Waals surface area contributed by atoms with Gasteiger partial charge in [0.2, 0.25) is 0 Å². The monoisotopic (exact) mass is 484 g/mol. The average molecular weight is 485 g/mol. The van der Waals surface area contributed by atoms with Gasteiger partial charge in [0.15, 0.2) is 17.8 Å². The van der Waals surface area contributed by atoms with E-state index < -0.39 is 23.2 Å². The summed E-state index contributed by atoms with van der Waals surface area (Å²) in [6.07, 6.45) is 0.472. The molecule has 35 heavy (non-hydrogen) atoms. The van der Waals surface area contributed by atoms with Crippen LogP contribution >= 0.6 is 0 Å². The highest BCUT2D eigenvalue weighted by molar-refractivity contribution is 6.14. The van der Waals surface area contributed by atoms with Crippen LogP contribution in [0.25, 0.3) is 0 Å². The van der Waals surface area contributed by atoms with Crippen molar-refractivity contribution >= 4 is 17.4 Å². The first kappa shape index (κ1) is 24.4. The number of hydrogen-bond donors (Lipinski definition) is 1. The smallest absolute Gasteiger partial charge is 0.342 e. The summed E-state index contributed by atoms with van der Waals surface area (Å²) in [6.45, 7) is 5.47. The van der Waals surface area contributed by atoms with E-state index in [1.54, 1.807) is 32.2 Å². The lowest BCUT2D eigenvalue weighted by atomic mass is 9.94. The van der Waals surface area contributed by atoms with Crippen molar-refractivity contribution in [3.63, 3.8) is 0 Å². The first-order valence-corrected chi connectivity index (χ1v) is 11.3. The summed E-state index contributed by atoms with van der Waals surface area (Å²) < 4.78 is 22.3. The molecule has 1 fully saturated rings. The van der Waals surface area contributed by atoms with Gasteiger partial charge in [0.25, 0.3) is 11.6 Å². The van der Waals surface area contributed by atoms with Crippen molar-refractivity contribution in [2.75, 3.05) is 14.2 Å². The first-order chi connectivity index (χ1) is 16.7. The Balaban J connectivity index is 1.80. The molecule has 1 atom stereocenters. The molecule has 0 aromatic heterocycles. The molecule has 4 rings (SSSR count). The Kier molecular flexibility index (Phi) is 6.64. The fourth-order valence-electron chi connectivity index (χ4n) is 4.25. The van der Waals surface area contributed by atoms with Gasteiger partial charge in [-0.05, 0) is 50.1 Å². The molecule has 0 bridgehead atoms. The summed E-state index contributed by atoms with van der Waals surface area (Å²) in [5.74, 6) is -0.151. The van der Waals surface area contributed by atoms with Crippen molar-refractivity contribution in [1.82, 2.24) is 10.3 Å². The van der Waals surface area contributed by atoms with Crippen LogP contribution in [0.2, 0.25) is 0 Å². The molecule has 0 radical (unpaired) electrons. The zero-order chi connectivity index (χ0) is 25.3. The molecule has 1 saturated heterocycles. The van der Waals surface area contributed by atoms with Crippen LogP contribution < -0.4 is 14.8 Å². The minimum Gasteiger partial charge on any atom is -0.493 e. The van der Waals surface area contributed by atoms with Gasteiger partial charge in [0.1, 0.15) is 0 Å². The van der Waals surface area contributed by atoms with Crippen LogP contribution in [0.4, 0.5) is 10.5 Å². The van der Waals surface area contributed by atoms with Crippen LogP contribution in [0.5, 0.6) is 11.5 Å². The van der Waals surface area contributed by atoms with Crippen molar-refractivity contribution in [2.24, 2.45) is 5.10 Å². The molecule has 0 aliphatic carbocycles. The zero-order valence-electron chi connectivity index (χ0n) is 20.2. The van der Waals surface area contributed by atoms with Crippen LogP contribution in [-0.2, 0) is 15.9 Å². The summed E-state index contributed by atoms with van der Waals surface area (Å²) in [4.78, 5) is 24.1. The Hall–Kier alpha value is -3.70. The highest BCUT2D eigenvalue weighted by Gasteiger charge is 2.46. The lowest BCUT2D eigenvalue weighted by molar-refractivity contribution is -0.454. The second-order valence-electron chi connectivity index (χ2n) is 8.35. The fraction of sp³-hybridized carbons (Fsp3) is 0.417. The van der Waals surface area contributed by atoms with E-state index >= 15 is 0 Å². The van der Waals surface area contributed by atoms with Crippen molar-refractivity contribution in [3.8, 4) is 11.5 Å². The Morgan fingerprint density at radius 3 is 2.37 bits per heavy atom. The predicted octanol–water partition coefficient (Wildman–Crippen LogP) is 3.78. The number of carbonyl (C=O) groups is 1. The van der Waals surface area contributed by atoms with Gasteiger partial charge < -0.3 is 18.9 Å². The molecule has 2 amide bonds. The molecule has 2 aromatic carbocycles. The van der Waals surface area contributed by atoms with E-state index in [1.165, 1.54) is 24.3 Å². The number of amides is 2. The van der Waals surface area contributed by atoms with Gasteiger partial charge in [-0.25, -0.2) is 9.80 Å². The second kappa shape index (κ2) is 9.51. The number of carbonyl (C=O) groups excluding carboxylic acids is 1. The maximum atomic E-state index is 13.4. The van der Waals surface area contributed by atoms with Gasteiger partial charge >= 0.3 is 6.03 Å². The molecule has 11 heteroatoms. The number of non-ortho nitro benzene ring substituents is 1. The third-order valence-electron chi connectivity index (χ3n) is 6.04. The number of benzene rings is 2. The van der Waals surface area contributed by atoms with Crippen molar-refractivity contribution < 1.29 is 28.7 Å². The number of ether oxygens (including phenoxy) is 4. The summed E-state index contributed by atoms with van der Waals surface area (Å²) in [7, 11) is 3.09. The molecular formula is C24H28N4O7. The molecule has 2 heterocycles. The number of hydrazone groups is 1. The quantitative estimate of drug-likeness (QED) is 0.489. The highest BCUT2D eigenvalue weighted by atomic mass is 16.9. The molecule has 0 saturated carbocycles. The van der Waals surface area contributed by atoms with Crippen LogP contribution in [0, 0.1) is 10.1 Å². The van der Waals surface area contributed by atoms with Gasteiger partial charge in [-0.2, -0.15) is 5.10 Å². The Labute approximate surface area is 202 Å². The van der Waals surface area contributed by atoms with Crippen molar-refractivity contribution in [2.45, 2.75) is 51.9 Å². The molecule has 11 nitrogen and oxygen atoms in total. The van der Waals surface area contributed by atoms with Crippen LogP contribution in [0.1, 0.15) is 43.9 Å². The molecule has 1 N–H and O–H groups in total. The first-order valence-electron chi connectivity index (χ1n) is 11.3. The number of fused-ring (bicyclic) bond motifs is 1. The minimum absolute atomic E-state index is 0.0447. The Morgan fingerprint density at radius 1 is 1.20 bits per heavy atom. The SMILES string of the molecule is CCC1(NC(=O)N2N=C(c3ccc([N+](=O)[O-])cc3)c3cc(OC)c(OC)cc3C[C@H]2C)OC(C)O1. The van der Waals surface area contributed by atoms with Crippen LogP contribution in [0.15, 0.2) is 41.5 Å². The number of urea groups is 1. The van der Waals surface area contributed by atoms with Gasteiger partial charge in [0.05, 0.1) is 30.9 Å². The third kappa shape index (κ3) is 4.64. The summed E-state index contributed by atoms with van der Waals surface area (Å²) >= 11 is 0. The fourth-order valence-corrected chi connectivity index (χ4v) is 4.25. The van der Waals surface area contributed by atoms with Gasteiger partial charge in [-0.1, -0.05) is 6.92 Å². The third-order valence-corrected chi connectivity index (χ3v) is 6.04. The second-order valence-corrected chi connectivity index (χ2v) is 8.35. The van der Waals surface area contributed by atoms with Crippen LogP contribution in [0.3, 0.4) is 0 Å². The van der Waals surface area contributed by atoms with Gasteiger partial charge in [-0.3, -0.25) is 15.4 Å². The zero-order valence-corrected chi connectivity index (χ0v) is 20.2. The summed E-state index contributed by atoms with van der Waals surface area (Å²) in [5.41, 5.74) is 2.64. The molecule has 0 spiro atoms. The molecule has 2 aliphatic rings. The number of methoxy groups -OCH3 is 2. The number of nitrogens with zero attached hydrogens (tertiary/aromatic N) is 3. The lowest BCUT2D eigenvalue weighted by Gasteiger charge is -2.46. The van der Waals surface area contributed by atoms with E-state index in [0.717, 1.165) is 11.1 Å². The number of nitrogens with one attached hydrogen (secondary N) is 1. The lowest BCUT2D eigenvalue weighted by Crippen LogP contribution is -2.65. The highest BCUT2D eigenvalue weighted by Crippen LogP contribution is 2.35. The molecule has 2 aliphatic heterocycles. The Morgan fingerprint density at radius 2 is 1.83 bits per heavy atom. The van der Waals surface area contributed by atoms with E-state index in [0.29, 0.717) is 35.6 Å². The maximum absolute atomic E-state index is 13.4. The van der Waals surface area contributed by atoms with Crippen molar-refractivity contribution in [3.05, 3.63) is 63.2 Å². The Bertz CT molecular complexity index is 1160. The van der Waals surface area contributed by atoms with Gasteiger partial charge in [0, 0.05) is 29.7 Å². The summed E-state index contributed by atoms with van der Waals surface area (Å²) in [6, 6.07) is 8.86. The topological polar surface area (TPSA) is 125 Å². The number of rotatable bonds is 6. The molecule has 2 aromatic rings. The minimum atomic E-state index is -1.20. The summed E-state index contributed by atoms with van der Waals surface area (Å²) in [5, 5.41) is 20.0.